The van der Waals surface area contributed by atoms with Gasteiger partial charge in [0.15, 0.2) is 0 Å². The van der Waals surface area contributed by atoms with Crippen molar-refractivity contribution >= 4 is 27.3 Å². The highest BCUT2D eigenvalue weighted by molar-refractivity contribution is 7.92. The number of anilines is 2. The fraction of sp³-hybridized carbons (Fsp3) is 0.367. The number of nitrogens with zero attached hydrogens (tertiary/aromatic N) is 2. The van der Waals surface area contributed by atoms with Gasteiger partial charge in [-0.1, -0.05) is 61.9 Å². The van der Waals surface area contributed by atoms with Gasteiger partial charge in [0.1, 0.15) is 6.54 Å². The fourth-order valence-corrected chi connectivity index (χ4v) is 6.28. The predicted molar refractivity (Wildman–Crippen MR) is 150 cm³/mol. The molecule has 7 heteroatoms. The zero-order valence-electron chi connectivity index (χ0n) is 22.0. The molecule has 1 heterocycles. The number of para-hydroxylation sites is 1. The van der Waals surface area contributed by atoms with Crippen molar-refractivity contribution in [2.45, 2.75) is 51.5 Å². The van der Waals surface area contributed by atoms with Gasteiger partial charge in [-0.3, -0.25) is 9.10 Å². The van der Waals surface area contributed by atoms with Crippen LogP contribution < -0.4 is 14.5 Å². The van der Waals surface area contributed by atoms with Gasteiger partial charge in [-0.05, 0) is 73.6 Å². The van der Waals surface area contributed by atoms with Gasteiger partial charge in [-0.2, -0.15) is 0 Å². The molecule has 0 bridgehead atoms. The van der Waals surface area contributed by atoms with Gasteiger partial charge in [-0.15, -0.1) is 0 Å². The Morgan fingerprint density at radius 3 is 2.41 bits per heavy atom. The molecule has 1 amide bonds. The minimum Gasteiger partial charge on any atom is -0.371 e. The number of piperidine rings is 1. The third kappa shape index (κ3) is 6.52. The molecule has 6 nitrogen and oxygen atoms in total. The van der Waals surface area contributed by atoms with Gasteiger partial charge >= 0.3 is 0 Å². The van der Waals surface area contributed by atoms with Crippen LogP contribution in [-0.4, -0.2) is 34.0 Å². The smallest absolute Gasteiger partial charge is 0.264 e. The van der Waals surface area contributed by atoms with E-state index in [0.717, 1.165) is 29.8 Å². The zero-order valence-corrected chi connectivity index (χ0v) is 22.8. The lowest BCUT2D eigenvalue weighted by atomic mass is 9.99. The second kappa shape index (κ2) is 11.8. The summed E-state index contributed by atoms with van der Waals surface area (Å²) in [6.07, 6.45) is 3.14. The number of benzene rings is 3. The van der Waals surface area contributed by atoms with Gasteiger partial charge in [0.2, 0.25) is 5.91 Å². The van der Waals surface area contributed by atoms with Gasteiger partial charge in [-0.25, -0.2) is 8.42 Å². The number of hydrogen-bond donors (Lipinski definition) is 1. The third-order valence-corrected chi connectivity index (χ3v) is 8.76. The number of carbonyl (C=O) groups excluding carboxylic acids is 1. The summed E-state index contributed by atoms with van der Waals surface area (Å²) in [6, 6.07) is 22.3. The zero-order chi connectivity index (χ0) is 26.4. The van der Waals surface area contributed by atoms with E-state index in [1.165, 1.54) is 22.8 Å². The summed E-state index contributed by atoms with van der Waals surface area (Å²) in [5.41, 5.74) is 4.55. The lowest BCUT2D eigenvalue weighted by molar-refractivity contribution is -0.119. The molecule has 0 aromatic heterocycles. The molecule has 1 atom stereocenters. The van der Waals surface area contributed by atoms with Gasteiger partial charge in [0.05, 0.1) is 10.6 Å². The van der Waals surface area contributed by atoms with E-state index in [2.05, 4.69) is 29.3 Å². The van der Waals surface area contributed by atoms with Crippen LogP contribution in [-0.2, 0) is 27.8 Å². The Labute approximate surface area is 221 Å². The normalized spacial score (nSPS) is 15.9. The molecule has 0 aliphatic carbocycles. The van der Waals surface area contributed by atoms with Crippen LogP contribution in [0.4, 0.5) is 11.4 Å². The van der Waals surface area contributed by atoms with E-state index < -0.39 is 10.0 Å². The molecule has 1 aliphatic rings. The van der Waals surface area contributed by atoms with Gasteiger partial charge < -0.3 is 10.2 Å². The molecule has 4 rings (SSSR count). The lowest BCUT2D eigenvalue weighted by Crippen LogP contribution is -2.41. The highest BCUT2D eigenvalue weighted by atomic mass is 32.2. The van der Waals surface area contributed by atoms with Crippen LogP contribution in [0.25, 0.3) is 0 Å². The summed E-state index contributed by atoms with van der Waals surface area (Å²) >= 11 is 0. The maximum absolute atomic E-state index is 13.7. The number of sulfonamides is 1. The van der Waals surface area contributed by atoms with Crippen LogP contribution in [0.3, 0.4) is 0 Å². The van der Waals surface area contributed by atoms with Gasteiger partial charge in [0.25, 0.3) is 10.0 Å². The molecule has 1 unspecified atom stereocenters. The standard InChI is InChI=1S/C30H37N3O3S/c1-4-26-9-5-6-10-29(26)33(37(35,36)28-17-11-23(2)12-18-28)22-30(34)31-20-25-13-15-27(16-14-25)32-19-7-8-24(3)21-32/h5-6,9-18,24H,4,7-8,19-22H2,1-3H3,(H,31,34). The Bertz CT molecular complexity index is 1300. The largest absolute Gasteiger partial charge is 0.371 e. The average molecular weight is 520 g/mol. The molecule has 1 N–H and O–H groups in total. The van der Waals surface area contributed by atoms with E-state index in [-0.39, 0.29) is 17.3 Å². The summed E-state index contributed by atoms with van der Waals surface area (Å²) in [5.74, 6) is 0.347. The van der Waals surface area contributed by atoms with E-state index in [1.54, 1.807) is 36.4 Å². The van der Waals surface area contributed by atoms with E-state index in [4.69, 9.17) is 0 Å². The van der Waals surface area contributed by atoms with Crippen LogP contribution in [0.5, 0.6) is 0 Å². The molecule has 1 aliphatic heterocycles. The quantitative estimate of drug-likeness (QED) is 0.416. The molecule has 3 aromatic carbocycles. The summed E-state index contributed by atoms with van der Waals surface area (Å²) in [5, 5.41) is 2.92. The summed E-state index contributed by atoms with van der Waals surface area (Å²) in [4.78, 5) is 15.6. The number of hydrogen-bond acceptors (Lipinski definition) is 4. The first kappa shape index (κ1) is 26.7. The fourth-order valence-electron chi connectivity index (χ4n) is 4.83. The monoisotopic (exact) mass is 519 g/mol. The first-order chi connectivity index (χ1) is 17.8. The first-order valence-corrected chi connectivity index (χ1v) is 14.5. The van der Waals surface area contributed by atoms with E-state index in [1.807, 2.05) is 38.1 Å². The molecule has 0 radical (unpaired) electrons. The maximum atomic E-state index is 13.7. The first-order valence-electron chi connectivity index (χ1n) is 13.1. The van der Waals surface area contributed by atoms with Crippen LogP contribution in [0.15, 0.2) is 77.7 Å². The summed E-state index contributed by atoms with van der Waals surface area (Å²) in [7, 11) is -3.94. The summed E-state index contributed by atoms with van der Waals surface area (Å²) < 4.78 is 28.6. The van der Waals surface area contributed by atoms with E-state index >= 15 is 0 Å². The average Bonchev–Trinajstić information content (AvgIpc) is 2.91. The molecular formula is C30H37N3O3S. The molecule has 0 saturated carbocycles. The minimum absolute atomic E-state index is 0.166. The molecule has 1 fully saturated rings. The van der Waals surface area contributed by atoms with Crippen molar-refractivity contribution in [1.29, 1.82) is 0 Å². The number of nitrogens with one attached hydrogen (secondary N) is 1. The topological polar surface area (TPSA) is 69.7 Å². The van der Waals surface area contributed by atoms with Crippen LogP contribution in [0, 0.1) is 12.8 Å². The van der Waals surface area contributed by atoms with Crippen LogP contribution in [0.2, 0.25) is 0 Å². The third-order valence-electron chi connectivity index (χ3n) is 6.99. The predicted octanol–water partition coefficient (Wildman–Crippen LogP) is 5.31. The molecule has 1 saturated heterocycles. The number of amides is 1. The van der Waals surface area contributed by atoms with Crippen molar-refractivity contribution in [2.75, 3.05) is 28.8 Å². The molecule has 0 spiro atoms. The molecule has 196 valence electrons. The van der Waals surface area contributed by atoms with Crippen molar-refractivity contribution in [3.05, 3.63) is 89.5 Å². The lowest BCUT2D eigenvalue weighted by Gasteiger charge is -2.32. The summed E-state index contributed by atoms with van der Waals surface area (Å²) in [6.45, 7) is 8.36. The van der Waals surface area contributed by atoms with Crippen molar-refractivity contribution < 1.29 is 13.2 Å². The Kier molecular flexibility index (Phi) is 8.54. The molecule has 3 aromatic rings. The molecular weight excluding hydrogens is 482 g/mol. The Morgan fingerprint density at radius 1 is 1.03 bits per heavy atom. The van der Waals surface area contributed by atoms with Crippen LogP contribution in [0.1, 0.15) is 43.4 Å². The van der Waals surface area contributed by atoms with Crippen molar-refractivity contribution in [1.82, 2.24) is 5.32 Å². The van der Waals surface area contributed by atoms with Crippen LogP contribution >= 0.6 is 0 Å². The maximum Gasteiger partial charge on any atom is 0.264 e. The molecule has 37 heavy (non-hydrogen) atoms. The second-order valence-electron chi connectivity index (χ2n) is 9.94. The Balaban J connectivity index is 1.49. The highest BCUT2D eigenvalue weighted by Gasteiger charge is 2.28. The Morgan fingerprint density at radius 2 is 1.73 bits per heavy atom. The Hall–Kier alpha value is -3.32. The second-order valence-corrected chi connectivity index (χ2v) is 11.8. The van der Waals surface area contributed by atoms with E-state index in [9.17, 15) is 13.2 Å². The van der Waals surface area contributed by atoms with Gasteiger partial charge in [0, 0.05) is 25.3 Å². The van der Waals surface area contributed by atoms with Crippen molar-refractivity contribution in [3.8, 4) is 0 Å². The number of carbonyl (C=O) groups is 1. The number of aryl methyl sites for hydroxylation is 2. The minimum atomic E-state index is -3.94. The highest BCUT2D eigenvalue weighted by Crippen LogP contribution is 2.28. The van der Waals surface area contributed by atoms with Crippen molar-refractivity contribution in [2.24, 2.45) is 5.92 Å². The SMILES string of the molecule is CCc1ccccc1N(CC(=O)NCc1ccc(N2CCCC(C)C2)cc1)S(=O)(=O)c1ccc(C)cc1. The number of rotatable bonds is 9. The van der Waals surface area contributed by atoms with E-state index in [0.29, 0.717) is 24.6 Å². The van der Waals surface area contributed by atoms with Crippen molar-refractivity contribution in [3.63, 3.8) is 0 Å².